The highest BCUT2D eigenvalue weighted by Crippen LogP contribution is 2.66. The number of anilines is 1. The van der Waals surface area contributed by atoms with Gasteiger partial charge in [-0.25, -0.2) is 0 Å². The van der Waals surface area contributed by atoms with Gasteiger partial charge in [0.15, 0.2) is 0 Å². The summed E-state index contributed by atoms with van der Waals surface area (Å²) in [5, 5.41) is 5.37. The zero-order valence-electron chi connectivity index (χ0n) is 21.5. The molecule has 0 spiro atoms. The van der Waals surface area contributed by atoms with E-state index in [9.17, 15) is 35.9 Å². The van der Waals surface area contributed by atoms with Crippen LogP contribution in [0.3, 0.4) is 0 Å². The van der Waals surface area contributed by atoms with E-state index in [2.05, 4.69) is 24.5 Å². The van der Waals surface area contributed by atoms with Crippen LogP contribution < -0.4 is 10.6 Å². The molecular weight excluding hydrogens is 510 g/mol. The van der Waals surface area contributed by atoms with Crippen LogP contribution in [0.15, 0.2) is 30.4 Å². The Labute approximate surface area is 217 Å². The van der Waals surface area contributed by atoms with Crippen molar-refractivity contribution in [3.05, 3.63) is 41.5 Å². The molecule has 2 N–H and O–H groups in total. The third-order valence-corrected chi connectivity index (χ3v) is 10.3. The molecule has 0 saturated heterocycles. The maximum absolute atomic E-state index is 13.6. The second-order valence-corrected chi connectivity index (χ2v) is 12.2. The quantitative estimate of drug-likeness (QED) is 0.403. The van der Waals surface area contributed by atoms with Gasteiger partial charge in [0.1, 0.15) is 0 Å². The second-order valence-electron chi connectivity index (χ2n) is 12.2. The first-order valence-corrected chi connectivity index (χ1v) is 13.1. The molecule has 8 atom stereocenters. The van der Waals surface area contributed by atoms with Crippen molar-refractivity contribution in [1.82, 2.24) is 5.32 Å². The van der Waals surface area contributed by atoms with E-state index in [0.717, 1.165) is 19.3 Å². The summed E-state index contributed by atoms with van der Waals surface area (Å²) in [7, 11) is 0. The predicted molar refractivity (Wildman–Crippen MR) is 129 cm³/mol. The van der Waals surface area contributed by atoms with Crippen LogP contribution in [0.4, 0.5) is 32.0 Å². The van der Waals surface area contributed by atoms with E-state index < -0.39 is 46.4 Å². The summed E-state index contributed by atoms with van der Waals surface area (Å²) in [6, 6.07) is 1.16. The molecule has 5 rings (SSSR count). The summed E-state index contributed by atoms with van der Waals surface area (Å²) < 4.78 is 80.6. The molecule has 1 aromatic carbocycles. The van der Waals surface area contributed by atoms with Gasteiger partial charge in [-0.2, -0.15) is 26.3 Å². The molecule has 38 heavy (non-hydrogen) atoms. The van der Waals surface area contributed by atoms with Gasteiger partial charge in [0, 0.05) is 17.4 Å². The number of carbonyl (C=O) groups is 2. The first-order chi connectivity index (χ1) is 17.6. The highest BCUT2D eigenvalue weighted by Gasteiger charge is 2.62. The minimum atomic E-state index is -4.92. The fourth-order valence-corrected chi connectivity index (χ4v) is 8.41. The number of hydrogen-bond acceptors (Lipinski definition) is 2. The molecule has 1 aliphatic heterocycles. The van der Waals surface area contributed by atoms with Gasteiger partial charge < -0.3 is 10.6 Å². The van der Waals surface area contributed by atoms with Crippen molar-refractivity contribution in [2.45, 2.75) is 71.3 Å². The SMILES string of the molecule is CC1CC2NC(=O)C=C[C@]2(C)[C@@H]2CC[C@]3(C)C(C(=O)Nc4cc(C(F)(F)F)ccc4C(F)(F)F)CC[C@H]3[C@H]12. The number of benzene rings is 1. The second kappa shape index (κ2) is 8.74. The van der Waals surface area contributed by atoms with Crippen LogP contribution in [0, 0.1) is 40.4 Å². The number of rotatable bonds is 2. The van der Waals surface area contributed by atoms with E-state index in [1.807, 2.05) is 13.0 Å². The van der Waals surface area contributed by atoms with Crippen molar-refractivity contribution in [2.75, 3.05) is 5.32 Å². The average molecular weight is 543 g/mol. The Bertz CT molecular complexity index is 1180. The molecule has 10 heteroatoms. The topological polar surface area (TPSA) is 58.2 Å². The molecule has 3 unspecified atom stereocenters. The molecule has 208 valence electrons. The Morgan fingerprint density at radius 3 is 2.39 bits per heavy atom. The molecule has 4 aliphatic rings. The normalized spacial score (nSPS) is 38.6. The number of alkyl halides is 6. The van der Waals surface area contributed by atoms with Crippen molar-refractivity contribution in [2.24, 2.45) is 40.4 Å². The summed E-state index contributed by atoms with van der Waals surface area (Å²) in [4.78, 5) is 25.5. The van der Waals surface area contributed by atoms with E-state index >= 15 is 0 Å². The predicted octanol–water partition coefficient (Wildman–Crippen LogP) is 6.82. The van der Waals surface area contributed by atoms with Gasteiger partial charge in [-0.05, 0) is 85.5 Å². The molecule has 1 heterocycles. The number of halogens is 6. The van der Waals surface area contributed by atoms with Crippen LogP contribution in [-0.2, 0) is 21.9 Å². The molecule has 2 amide bonds. The number of nitrogens with one attached hydrogen (secondary N) is 2. The lowest BCUT2D eigenvalue weighted by Gasteiger charge is -2.60. The van der Waals surface area contributed by atoms with E-state index in [1.165, 1.54) is 0 Å². The minimum absolute atomic E-state index is 0.0304. The molecule has 3 fully saturated rings. The maximum Gasteiger partial charge on any atom is 0.418 e. The zero-order valence-corrected chi connectivity index (χ0v) is 21.5. The average Bonchev–Trinajstić information content (AvgIpc) is 3.16. The summed E-state index contributed by atoms with van der Waals surface area (Å²) in [5.74, 6) is -0.376. The Morgan fingerprint density at radius 2 is 1.74 bits per heavy atom. The summed E-state index contributed by atoms with van der Waals surface area (Å²) in [6.07, 6.45) is -2.66. The highest BCUT2D eigenvalue weighted by atomic mass is 19.4. The van der Waals surface area contributed by atoms with Crippen molar-refractivity contribution in [3.8, 4) is 0 Å². The van der Waals surface area contributed by atoms with Crippen molar-refractivity contribution in [1.29, 1.82) is 0 Å². The molecule has 1 aromatic rings. The van der Waals surface area contributed by atoms with Gasteiger partial charge in [-0.15, -0.1) is 0 Å². The van der Waals surface area contributed by atoms with Crippen LogP contribution in [0.5, 0.6) is 0 Å². The smallest absolute Gasteiger partial charge is 0.349 e. The van der Waals surface area contributed by atoms with E-state index in [4.69, 9.17) is 0 Å². The molecule has 0 radical (unpaired) electrons. The Morgan fingerprint density at radius 1 is 1.03 bits per heavy atom. The molecule has 3 aliphatic carbocycles. The molecule has 0 bridgehead atoms. The van der Waals surface area contributed by atoms with Crippen molar-refractivity contribution < 1.29 is 35.9 Å². The first-order valence-electron chi connectivity index (χ1n) is 13.1. The lowest BCUT2D eigenvalue weighted by atomic mass is 9.45. The monoisotopic (exact) mass is 542 g/mol. The summed E-state index contributed by atoms with van der Waals surface area (Å²) in [5.41, 5.74) is -4.10. The van der Waals surface area contributed by atoms with Crippen LogP contribution in [0.1, 0.15) is 64.0 Å². The molecule has 3 saturated carbocycles. The number of amides is 2. The number of fused-ring (bicyclic) bond motifs is 5. The van der Waals surface area contributed by atoms with Crippen LogP contribution >= 0.6 is 0 Å². The van der Waals surface area contributed by atoms with E-state index in [1.54, 1.807) is 6.08 Å². The largest absolute Gasteiger partial charge is 0.418 e. The molecular formula is C28H32F6N2O2. The van der Waals surface area contributed by atoms with Gasteiger partial charge in [0.2, 0.25) is 11.8 Å². The fraction of sp³-hybridized carbons (Fsp3) is 0.643. The van der Waals surface area contributed by atoms with Gasteiger partial charge in [0.05, 0.1) is 16.8 Å². The third kappa shape index (κ3) is 4.22. The summed E-state index contributed by atoms with van der Waals surface area (Å²) >= 11 is 0. The van der Waals surface area contributed by atoms with Gasteiger partial charge >= 0.3 is 12.4 Å². The van der Waals surface area contributed by atoms with Gasteiger partial charge in [-0.3, -0.25) is 9.59 Å². The Balaban J connectivity index is 1.42. The van der Waals surface area contributed by atoms with Crippen molar-refractivity contribution >= 4 is 17.5 Å². The molecule has 0 aromatic heterocycles. The van der Waals surface area contributed by atoms with Gasteiger partial charge in [-0.1, -0.05) is 26.8 Å². The van der Waals surface area contributed by atoms with Crippen LogP contribution in [0.25, 0.3) is 0 Å². The number of carbonyl (C=O) groups excluding carboxylic acids is 2. The van der Waals surface area contributed by atoms with Crippen LogP contribution in [0.2, 0.25) is 0 Å². The lowest BCUT2D eigenvalue weighted by Crippen LogP contribution is -2.61. The van der Waals surface area contributed by atoms with Crippen LogP contribution in [-0.4, -0.2) is 17.9 Å². The molecule has 4 nitrogen and oxygen atoms in total. The van der Waals surface area contributed by atoms with Crippen molar-refractivity contribution in [3.63, 3.8) is 0 Å². The Kier molecular flexibility index (Phi) is 6.23. The number of hydrogen-bond donors (Lipinski definition) is 2. The maximum atomic E-state index is 13.6. The fourth-order valence-electron chi connectivity index (χ4n) is 8.41. The van der Waals surface area contributed by atoms with E-state index in [0.29, 0.717) is 31.0 Å². The lowest BCUT2D eigenvalue weighted by molar-refractivity contribution is -0.141. The minimum Gasteiger partial charge on any atom is -0.349 e. The third-order valence-electron chi connectivity index (χ3n) is 10.3. The highest BCUT2D eigenvalue weighted by molar-refractivity contribution is 5.94. The van der Waals surface area contributed by atoms with E-state index in [-0.39, 0.29) is 41.0 Å². The first kappa shape index (κ1) is 27.1. The summed E-state index contributed by atoms with van der Waals surface area (Å²) in [6.45, 7) is 6.35. The standard InChI is InChI=1S/C28H32F6N2O2/c1-14-12-21-26(3,11-9-22(37)36-21)18-8-10-25(2)17(23(14)18)6-7-19(25)24(38)35-20-13-15(27(29,30)31)4-5-16(20)28(32,33)34/h4-5,9,11,13-14,17-19,21,23H,6-8,10,12H2,1-3H3,(H,35,38)(H,36,37)/t14?,17-,18+,19?,21?,23-,25-,26+/m0/s1. The zero-order chi connectivity index (χ0) is 27.8. The van der Waals surface area contributed by atoms with Gasteiger partial charge in [0.25, 0.3) is 0 Å². The Hall–Kier alpha value is -2.52.